The molecule has 0 aliphatic carbocycles. The van der Waals surface area contributed by atoms with Crippen LogP contribution in [0.3, 0.4) is 0 Å². The van der Waals surface area contributed by atoms with Crippen LogP contribution in [0.15, 0.2) is 53.6 Å². The van der Waals surface area contributed by atoms with Crippen molar-refractivity contribution in [3.8, 4) is 11.5 Å². The van der Waals surface area contributed by atoms with E-state index < -0.39 is 11.9 Å². The Kier molecular flexibility index (Phi) is 14.1. The quantitative estimate of drug-likeness (QED) is 0.0976. The number of hydrazone groups is 1. The van der Waals surface area contributed by atoms with Gasteiger partial charge in [-0.2, -0.15) is 5.10 Å². The van der Waals surface area contributed by atoms with Gasteiger partial charge in [0, 0.05) is 6.42 Å². The Morgan fingerprint density at radius 2 is 1.51 bits per heavy atom. The third-order valence-electron chi connectivity index (χ3n) is 5.75. The number of benzene rings is 2. The van der Waals surface area contributed by atoms with Crippen LogP contribution in [-0.4, -0.2) is 37.7 Å². The molecule has 0 spiro atoms. The fraction of sp³-hybridized carbons (Fsp3) is 0.448. The topological polar surface area (TPSA) is 106 Å². The first kappa shape index (κ1) is 29.5. The van der Waals surface area contributed by atoms with E-state index in [9.17, 15) is 14.4 Å². The van der Waals surface area contributed by atoms with Crippen LogP contribution in [-0.2, 0) is 9.59 Å². The lowest BCUT2D eigenvalue weighted by molar-refractivity contribution is -0.126. The molecule has 2 aromatic rings. The Bertz CT molecular complexity index is 1000. The Morgan fingerprint density at radius 1 is 0.838 bits per heavy atom. The van der Waals surface area contributed by atoms with Gasteiger partial charge in [0.25, 0.3) is 5.91 Å². The minimum absolute atomic E-state index is 0.131. The second-order valence-electron chi connectivity index (χ2n) is 8.84. The van der Waals surface area contributed by atoms with Gasteiger partial charge in [-0.05, 0) is 48.4 Å². The average molecular weight is 510 g/mol. The van der Waals surface area contributed by atoms with Crippen LogP contribution in [0, 0.1) is 0 Å². The second-order valence-corrected chi connectivity index (χ2v) is 8.84. The standard InChI is InChI=1S/C29H39N3O5/c1-3-4-5-6-7-8-9-10-11-15-27(33)30-22-28(34)32-31-21-23-13-12-14-26(20-23)37-29(35)24-16-18-25(36-2)19-17-24/h12-14,16-21H,3-11,15,22H2,1-2H3,(H,30,33)(H,32,34). The number of carbonyl (C=O) groups excluding carboxylic acids is 3. The van der Waals surface area contributed by atoms with Crippen molar-refractivity contribution in [2.75, 3.05) is 13.7 Å². The van der Waals surface area contributed by atoms with Crippen LogP contribution in [0.1, 0.15) is 87.1 Å². The third kappa shape index (κ3) is 12.7. The van der Waals surface area contributed by atoms with Gasteiger partial charge in [0.2, 0.25) is 5.91 Å². The summed E-state index contributed by atoms with van der Waals surface area (Å²) in [6.07, 6.45) is 12.6. The van der Waals surface area contributed by atoms with E-state index >= 15 is 0 Å². The predicted molar refractivity (Wildman–Crippen MR) is 145 cm³/mol. The summed E-state index contributed by atoms with van der Waals surface area (Å²) in [5.41, 5.74) is 3.41. The summed E-state index contributed by atoms with van der Waals surface area (Å²) in [7, 11) is 1.55. The zero-order valence-corrected chi connectivity index (χ0v) is 22.0. The number of unbranched alkanes of at least 4 members (excludes halogenated alkanes) is 8. The highest BCUT2D eigenvalue weighted by molar-refractivity contribution is 5.91. The Morgan fingerprint density at radius 3 is 2.19 bits per heavy atom. The molecule has 8 heteroatoms. The number of hydrogen-bond donors (Lipinski definition) is 2. The largest absolute Gasteiger partial charge is 0.497 e. The van der Waals surface area contributed by atoms with Crippen molar-refractivity contribution in [3.63, 3.8) is 0 Å². The number of nitrogens with one attached hydrogen (secondary N) is 2. The molecule has 2 aromatic carbocycles. The van der Waals surface area contributed by atoms with Gasteiger partial charge in [0.15, 0.2) is 0 Å². The van der Waals surface area contributed by atoms with E-state index in [2.05, 4.69) is 22.8 Å². The number of ether oxygens (including phenoxy) is 2. The molecule has 2 rings (SSSR count). The molecular weight excluding hydrogens is 470 g/mol. The molecule has 2 N–H and O–H groups in total. The van der Waals surface area contributed by atoms with Crippen molar-refractivity contribution >= 4 is 24.0 Å². The van der Waals surface area contributed by atoms with Crippen molar-refractivity contribution < 1.29 is 23.9 Å². The predicted octanol–water partition coefficient (Wildman–Crippen LogP) is 5.40. The minimum atomic E-state index is -0.497. The Labute approximate surface area is 219 Å². The van der Waals surface area contributed by atoms with Gasteiger partial charge in [-0.1, -0.05) is 70.4 Å². The number of amides is 2. The molecule has 0 atom stereocenters. The van der Waals surface area contributed by atoms with Crippen molar-refractivity contribution in [3.05, 3.63) is 59.7 Å². The molecule has 0 fully saturated rings. The maximum absolute atomic E-state index is 12.3. The number of rotatable bonds is 17. The highest BCUT2D eigenvalue weighted by Gasteiger charge is 2.09. The average Bonchev–Trinajstić information content (AvgIpc) is 2.91. The van der Waals surface area contributed by atoms with Crippen LogP contribution >= 0.6 is 0 Å². The van der Waals surface area contributed by atoms with Crippen molar-refractivity contribution in [2.45, 2.75) is 71.1 Å². The van der Waals surface area contributed by atoms with Crippen LogP contribution in [0.25, 0.3) is 0 Å². The van der Waals surface area contributed by atoms with E-state index in [1.807, 2.05) is 0 Å². The van der Waals surface area contributed by atoms with Gasteiger partial charge >= 0.3 is 5.97 Å². The molecule has 0 aliphatic rings. The maximum atomic E-state index is 12.3. The van der Waals surface area contributed by atoms with Gasteiger partial charge in [0.1, 0.15) is 11.5 Å². The summed E-state index contributed by atoms with van der Waals surface area (Å²) in [6.45, 7) is 2.09. The lowest BCUT2D eigenvalue weighted by Gasteiger charge is -2.06. The highest BCUT2D eigenvalue weighted by atomic mass is 16.5. The summed E-state index contributed by atoms with van der Waals surface area (Å²) < 4.78 is 10.5. The normalized spacial score (nSPS) is 10.8. The third-order valence-corrected chi connectivity index (χ3v) is 5.75. The monoisotopic (exact) mass is 509 g/mol. The lowest BCUT2D eigenvalue weighted by atomic mass is 10.1. The first-order valence-corrected chi connectivity index (χ1v) is 13.1. The molecule has 37 heavy (non-hydrogen) atoms. The molecule has 0 bridgehead atoms. The smallest absolute Gasteiger partial charge is 0.343 e. The van der Waals surface area contributed by atoms with Gasteiger partial charge in [-0.3, -0.25) is 9.59 Å². The molecule has 0 radical (unpaired) electrons. The fourth-order valence-corrected chi connectivity index (χ4v) is 3.63. The first-order chi connectivity index (χ1) is 18.0. The van der Waals surface area contributed by atoms with E-state index in [-0.39, 0.29) is 12.5 Å². The van der Waals surface area contributed by atoms with E-state index in [4.69, 9.17) is 9.47 Å². The number of methoxy groups -OCH3 is 1. The Hall–Kier alpha value is -3.68. The van der Waals surface area contributed by atoms with Crippen LogP contribution < -0.4 is 20.2 Å². The van der Waals surface area contributed by atoms with E-state index in [0.717, 1.165) is 19.3 Å². The first-order valence-electron chi connectivity index (χ1n) is 13.1. The molecule has 0 aliphatic heterocycles. The summed E-state index contributed by atoms with van der Waals surface area (Å²) in [4.78, 5) is 36.2. The summed E-state index contributed by atoms with van der Waals surface area (Å²) in [5, 5.41) is 6.53. The molecule has 0 saturated carbocycles. The van der Waals surface area contributed by atoms with Crippen LogP contribution in [0.5, 0.6) is 11.5 Å². The van der Waals surface area contributed by atoms with Gasteiger partial charge in [0.05, 0.1) is 25.4 Å². The van der Waals surface area contributed by atoms with Gasteiger partial charge in [-0.15, -0.1) is 0 Å². The summed E-state index contributed by atoms with van der Waals surface area (Å²) >= 11 is 0. The molecule has 200 valence electrons. The number of nitrogens with zero attached hydrogens (tertiary/aromatic N) is 1. The van der Waals surface area contributed by atoms with E-state index in [1.54, 1.807) is 55.6 Å². The van der Waals surface area contributed by atoms with Gasteiger partial charge < -0.3 is 14.8 Å². The lowest BCUT2D eigenvalue weighted by Crippen LogP contribution is -2.34. The second kappa shape index (κ2) is 17.7. The molecule has 0 heterocycles. The maximum Gasteiger partial charge on any atom is 0.343 e. The molecule has 2 amide bonds. The summed E-state index contributed by atoms with van der Waals surface area (Å²) in [5.74, 6) is -0.0505. The Balaban J connectivity index is 1.63. The summed E-state index contributed by atoms with van der Waals surface area (Å²) in [6, 6.07) is 13.4. The highest BCUT2D eigenvalue weighted by Crippen LogP contribution is 2.16. The van der Waals surface area contributed by atoms with Gasteiger partial charge in [-0.25, -0.2) is 10.2 Å². The van der Waals surface area contributed by atoms with Crippen molar-refractivity contribution in [2.24, 2.45) is 5.10 Å². The molecule has 8 nitrogen and oxygen atoms in total. The molecule has 0 saturated heterocycles. The molecule has 0 unspecified atom stereocenters. The van der Waals surface area contributed by atoms with Crippen molar-refractivity contribution in [1.29, 1.82) is 0 Å². The zero-order valence-electron chi connectivity index (χ0n) is 22.0. The number of carbonyl (C=O) groups is 3. The van der Waals surface area contributed by atoms with E-state index in [0.29, 0.717) is 29.0 Å². The SMILES string of the molecule is CCCCCCCCCCCC(=O)NCC(=O)NN=Cc1cccc(OC(=O)c2ccc(OC)cc2)c1. The van der Waals surface area contributed by atoms with Crippen molar-refractivity contribution in [1.82, 2.24) is 10.7 Å². The number of hydrogen-bond acceptors (Lipinski definition) is 6. The zero-order chi connectivity index (χ0) is 26.7. The number of esters is 1. The molecule has 0 aromatic heterocycles. The van der Waals surface area contributed by atoms with Crippen LogP contribution in [0.2, 0.25) is 0 Å². The van der Waals surface area contributed by atoms with E-state index in [1.165, 1.54) is 44.7 Å². The molecular formula is C29H39N3O5. The minimum Gasteiger partial charge on any atom is -0.497 e. The fourth-order valence-electron chi connectivity index (χ4n) is 3.63. The van der Waals surface area contributed by atoms with Crippen LogP contribution in [0.4, 0.5) is 0 Å².